The zero-order chi connectivity index (χ0) is 18.4. The number of hydrogen-bond donors (Lipinski definition) is 0. The first kappa shape index (κ1) is 18.1. The summed E-state index contributed by atoms with van der Waals surface area (Å²) < 4.78 is 7.32. The minimum atomic E-state index is -0.656. The second kappa shape index (κ2) is 6.56. The maximum atomic E-state index is 12.6. The number of nitrogens with zero attached hydrogens (tertiary/aromatic N) is 4. The second-order valence-corrected chi connectivity index (χ2v) is 7.53. The highest BCUT2D eigenvalue weighted by Crippen LogP contribution is 2.29. The number of hydrogen-bond acceptors (Lipinski definition) is 6. The van der Waals surface area contributed by atoms with Gasteiger partial charge in [-0.25, -0.2) is 14.8 Å². The van der Waals surface area contributed by atoms with E-state index in [0.717, 1.165) is 0 Å². The van der Waals surface area contributed by atoms with Gasteiger partial charge in [0.2, 0.25) is 11.5 Å². The smallest absolute Gasteiger partial charge is 0.338 e. The van der Waals surface area contributed by atoms with Crippen LogP contribution < -0.4 is 4.84 Å². The van der Waals surface area contributed by atoms with Crippen LogP contribution in [0.5, 0.6) is 0 Å². The second-order valence-electron chi connectivity index (χ2n) is 6.21. The van der Waals surface area contributed by atoms with Gasteiger partial charge in [-0.15, -0.1) is 4.73 Å². The molecule has 3 heterocycles. The lowest BCUT2D eigenvalue weighted by molar-refractivity contribution is -0.153. The largest absolute Gasteiger partial charge is 0.458 e. The van der Waals surface area contributed by atoms with Crippen LogP contribution in [0.1, 0.15) is 33.0 Å². The van der Waals surface area contributed by atoms with Crippen molar-refractivity contribution in [2.45, 2.75) is 34.1 Å². The number of imidazole rings is 1. The molecule has 0 saturated heterocycles. The summed E-state index contributed by atoms with van der Waals surface area (Å²) >= 11 is 8.13. The highest BCUT2D eigenvalue weighted by Gasteiger charge is 2.31. The Hall–Kier alpha value is -1.68. The predicted octanol–water partition coefficient (Wildman–Crippen LogP) is 4.04. The van der Waals surface area contributed by atoms with Crippen molar-refractivity contribution < 1.29 is 14.0 Å². The van der Waals surface area contributed by atoms with Gasteiger partial charge in [-0.05, 0) is 39.3 Å². The van der Waals surface area contributed by atoms with Gasteiger partial charge in [0.1, 0.15) is 11.3 Å². The van der Waals surface area contributed by atoms with Crippen molar-refractivity contribution in [2.24, 2.45) is 5.41 Å². The molecular weight excluding hydrogens is 459 g/mol. The molecule has 0 N–H and O–H groups in total. The zero-order valence-corrected chi connectivity index (χ0v) is 17.0. The number of fused-ring (bicyclic) bond motifs is 1. The van der Waals surface area contributed by atoms with Gasteiger partial charge in [-0.2, -0.15) is 4.98 Å². The maximum absolute atomic E-state index is 12.6. The van der Waals surface area contributed by atoms with Gasteiger partial charge < -0.3 is 9.25 Å². The van der Waals surface area contributed by atoms with Crippen LogP contribution in [0.2, 0.25) is 5.15 Å². The van der Waals surface area contributed by atoms with Crippen LogP contribution in [0.3, 0.4) is 0 Å². The molecule has 132 valence electrons. The monoisotopic (exact) mass is 474 g/mol. The average molecular weight is 475 g/mol. The van der Waals surface area contributed by atoms with Crippen LogP contribution in [0.25, 0.3) is 22.7 Å². The minimum absolute atomic E-state index is 0.184. The first-order valence-electron chi connectivity index (χ1n) is 7.64. The van der Waals surface area contributed by atoms with Crippen molar-refractivity contribution in [3.63, 3.8) is 0 Å². The van der Waals surface area contributed by atoms with Gasteiger partial charge >= 0.3 is 5.97 Å². The van der Waals surface area contributed by atoms with Crippen molar-refractivity contribution in [3.8, 4) is 11.6 Å². The summed E-state index contributed by atoms with van der Waals surface area (Å²) in [5.41, 5.74) is -0.00125. The Morgan fingerprint density at radius 3 is 2.68 bits per heavy atom. The molecule has 0 saturated carbocycles. The molecule has 0 spiro atoms. The molecular formula is C16H16ClIN4O3. The van der Waals surface area contributed by atoms with E-state index < -0.39 is 11.4 Å². The van der Waals surface area contributed by atoms with Crippen LogP contribution in [-0.4, -0.2) is 25.7 Å². The topological polar surface area (TPSA) is 83.0 Å². The van der Waals surface area contributed by atoms with Gasteiger partial charge in [0.15, 0.2) is 14.7 Å². The molecule has 25 heavy (non-hydrogen) atoms. The molecule has 0 aliphatic carbocycles. The average Bonchev–Trinajstić information content (AvgIpc) is 3.12. The van der Waals surface area contributed by atoms with E-state index in [4.69, 9.17) is 20.9 Å². The van der Waals surface area contributed by atoms with E-state index in [1.54, 1.807) is 12.1 Å². The molecule has 0 fully saturated rings. The summed E-state index contributed by atoms with van der Waals surface area (Å²) in [4.78, 5) is 31.1. The molecule has 3 aromatic heterocycles. The molecule has 0 amide bonds. The lowest BCUT2D eigenvalue weighted by Gasteiger charge is -2.20. The third kappa shape index (κ3) is 3.37. The Balaban J connectivity index is 2.21. The van der Waals surface area contributed by atoms with Gasteiger partial charge in [-0.1, -0.05) is 18.5 Å². The van der Waals surface area contributed by atoms with E-state index in [1.165, 1.54) is 4.73 Å². The third-order valence-corrected chi connectivity index (χ3v) is 4.72. The number of halogens is 2. The summed E-state index contributed by atoms with van der Waals surface area (Å²) in [7, 11) is 0. The van der Waals surface area contributed by atoms with Gasteiger partial charge in [-0.3, -0.25) is 0 Å². The molecule has 9 heteroatoms. The molecule has 0 aliphatic rings. The summed E-state index contributed by atoms with van der Waals surface area (Å²) in [6, 6.07) is 3.55. The van der Waals surface area contributed by atoms with Crippen LogP contribution in [0.15, 0.2) is 16.5 Å². The summed E-state index contributed by atoms with van der Waals surface area (Å²) in [6.07, 6.45) is 0.626. The molecule has 0 atom stereocenters. The zero-order valence-electron chi connectivity index (χ0n) is 14.1. The number of furan rings is 1. The normalized spacial score (nSPS) is 11.9. The van der Waals surface area contributed by atoms with E-state index in [-0.39, 0.29) is 5.15 Å². The number of aryl methyl sites for hydroxylation is 1. The SMILES string of the molecule is CCC(C)(C)C(=O)On1c(-c2ccc(C)o2)nc2c(Cl)nc(I)nc21. The van der Waals surface area contributed by atoms with E-state index in [9.17, 15) is 4.79 Å². The highest BCUT2D eigenvalue weighted by atomic mass is 127. The summed E-state index contributed by atoms with van der Waals surface area (Å²) in [6.45, 7) is 7.37. The molecule has 0 bridgehead atoms. The van der Waals surface area contributed by atoms with Crippen molar-refractivity contribution in [2.75, 3.05) is 0 Å². The Labute approximate surface area is 162 Å². The van der Waals surface area contributed by atoms with E-state index in [0.29, 0.717) is 38.8 Å². The van der Waals surface area contributed by atoms with Crippen LogP contribution >= 0.6 is 34.2 Å². The number of carbonyl (C=O) groups excluding carboxylic acids is 1. The summed E-state index contributed by atoms with van der Waals surface area (Å²) in [5.74, 6) is 1.06. The fourth-order valence-electron chi connectivity index (χ4n) is 2.03. The fraction of sp³-hybridized carbons (Fsp3) is 0.375. The summed E-state index contributed by atoms with van der Waals surface area (Å²) in [5, 5.41) is 0.184. The number of rotatable bonds is 4. The van der Waals surface area contributed by atoms with E-state index >= 15 is 0 Å². The van der Waals surface area contributed by atoms with Gasteiger partial charge in [0, 0.05) is 22.6 Å². The predicted molar refractivity (Wildman–Crippen MR) is 101 cm³/mol. The molecule has 0 unspecified atom stereocenters. The Morgan fingerprint density at radius 1 is 1.36 bits per heavy atom. The van der Waals surface area contributed by atoms with Crippen LogP contribution in [-0.2, 0) is 4.79 Å². The quantitative estimate of drug-likeness (QED) is 0.322. The van der Waals surface area contributed by atoms with E-state index in [1.807, 2.05) is 50.3 Å². The van der Waals surface area contributed by atoms with Gasteiger partial charge in [0.25, 0.3) is 0 Å². The maximum Gasteiger partial charge on any atom is 0.338 e. The highest BCUT2D eigenvalue weighted by molar-refractivity contribution is 14.1. The minimum Gasteiger partial charge on any atom is -0.458 e. The number of aromatic nitrogens is 4. The third-order valence-electron chi connectivity index (χ3n) is 3.97. The first-order valence-corrected chi connectivity index (χ1v) is 9.09. The lowest BCUT2D eigenvalue weighted by Crippen LogP contribution is -2.33. The van der Waals surface area contributed by atoms with Crippen molar-refractivity contribution >= 4 is 51.3 Å². The van der Waals surface area contributed by atoms with Crippen LogP contribution in [0.4, 0.5) is 0 Å². The fourth-order valence-corrected chi connectivity index (χ4v) is 2.85. The molecule has 0 aliphatic heterocycles. The van der Waals surface area contributed by atoms with Gasteiger partial charge in [0.05, 0.1) is 5.41 Å². The molecule has 7 nitrogen and oxygen atoms in total. The molecule has 3 rings (SSSR count). The first-order chi connectivity index (χ1) is 11.7. The van der Waals surface area contributed by atoms with Crippen molar-refractivity contribution in [1.29, 1.82) is 0 Å². The molecule has 3 aromatic rings. The molecule has 0 radical (unpaired) electrons. The van der Waals surface area contributed by atoms with Crippen molar-refractivity contribution in [3.05, 3.63) is 26.9 Å². The van der Waals surface area contributed by atoms with Crippen molar-refractivity contribution in [1.82, 2.24) is 19.7 Å². The van der Waals surface area contributed by atoms with E-state index in [2.05, 4.69) is 15.0 Å². The Morgan fingerprint density at radius 2 is 2.08 bits per heavy atom. The van der Waals surface area contributed by atoms with Crippen LogP contribution in [0, 0.1) is 16.2 Å². The number of carbonyl (C=O) groups is 1. The Kier molecular flexibility index (Phi) is 4.76. The lowest BCUT2D eigenvalue weighted by atomic mass is 9.91. The Bertz CT molecular complexity index is 964. The standard InChI is InChI=1S/C16H16ClIN4O3/c1-5-16(3,4)14(23)25-22-12(9-7-6-8(2)24-9)19-10-11(17)20-15(18)21-13(10)22/h6-7H,5H2,1-4H3. The molecule has 0 aromatic carbocycles.